The summed E-state index contributed by atoms with van der Waals surface area (Å²) >= 11 is 0. The fourth-order valence-electron chi connectivity index (χ4n) is 5.28. The number of amides is 3. The first-order valence-corrected chi connectivity index (χ1v) is 12.9. The molecule has 2 aliphatic rings. The number of nitrogens with two attached hydrogens (primary N) is 1. The van der Waals surface area contributed by atoms with Crippen LogP contribution in [0.25, 0.3) is 0 Å². The number of carbonyl (C=O) groups excluding carboxylic acids is 3. The Morgan fingerprint density at radius 3 is 2.44 bits per heavy atom. The molecule has 0 aromatic heterocycles. The van der Waals surface area contributed by atoms with Gasteiger partial charge in [-0.05, 0) is 37.8 Å². The predicted molar refractivity (Wildman–Crippen MR) is 138 cm³/mol. The maximum atomic E-state index is 14.8. The number of hydrogen-bond donors (Lipinski definition) is 3. The van der Waals surface area contributed by atoms with Crippen LogP contribution in [0.2, 0.25) is 0 Å². The molecule has 13 heteroatoms. The lowest BCUT2D eigenvalue weighted by Gasteiger charge is -2.38. The number of anilines is 1. The van der Waals surface area contributed by atoms with Gasteiger partial charge in [0, 0.05) is 42.2 Å². The summed E-state index contributed by atoms with van der Waals surface area (Å²) in [5, 5.41) is 4.66. The minimum atomic E-state index is -4.69. The average molecular weight is 583 g/mol. The first-order chi connectivity index (χ1) is 19.1. The van der Waals surface area contributed by atoms with Gasteiger partial charge in [-0.15, -0.1) is 0 Å². The molecule has 4 N–H and O–H groups in total. The van der Waals surface area contributed by atoms with Crippen molar-refractivity contribution in [3.63, 3.8) is 0 Å². The van der Waals surface area contributed by atoms with Gasteiger partial charge in [0.05, 0.1) is 11.4 Å². The lowest BCUT2D eigenvalue weighted by atomic mass is 9.72. The van der Waals surface area contributed by atoms with Crippen molar-refractivity contribution in [2.75, 3.05) is 5.32 Å². The molecule has 4 rings (SSSR count). The summed E-state index contributed by atoms with van der Waals surface area (Å²) in [6.45, 7) is 1.79. The zero-order valence-electron chi connectivity index (χ0n) is 21.9. The number of nitrogens with one attached hydrogen (secondary N) is 2. The van der Waals surface area contributed by atoms with Crippen LogP contribution in [-0.2, 0) is 14.4 Å². The number of nitrogens with zero attached hydrogens (tertiary/aromatic N) is 1. The molecule has 0 unspecified atom stereocenters. The monoisotopic (exact) mass is 582 g/mol. The van der Waals surface area contributed by atoms with Crippen molar-refractivity contribution in [2.24, 2.45) is 28.5 Å². The number of aryl methyl sites for hydroxylation is 1. The van der Waals surface area contributed by atoms with Crippen molar-refractivity contribution in [2.45, 2.75) is 57.3 Å². The van der Waals surface area contributed by atoms with E-state index in [-0.39, 0.29) is 23.4 Å². The fourth-order valence-corrected chi connectivity index (χ4v) is 5.28. The van der Waals surface area contributed by atoms with E-state index in [0.717, 1.165) is 11.6 Å². The number of hydrogen-bond acceptors (Lipinski definition) is 4. The van der Waals surface area contributed by atoms with E-state index < -0.39 is 85.2 Å². The maximum Gasteiger partial charge on any atom is 0.389 e. The van der Waals surface area contributed by atoms with Crippen LogP contribution in [-0.4, -0.2) is 41.7 Å². The van der Waals surface area contributed by atoms with Gasteiger partial charge in [-0.1, -0.05) is 35.9 Å². The Labute approximate surface area is 231 Å². The Balaban J connectivity index is 1.68. The number of primary amides is 1. The minimum Gasteiger partial charge on any atom is -0.369 e. The average Bonchev–Trinajstić information content (AvgIpc) is 2.98. The minimum absolute atomic E-state index is 0.127. The van der Waals surface area contributed by atoms with Crippen molar-refractivity contribution in [1.82, 2.24) is 5.32 Å². The zero-order valence-corrected chi connectivity index (χ0v) is 21.9. The van der Waals surface area contributed by atoms with Gasteiger partial charge in [-0.25, -0.2) is 18.2 Å². The maximum absolute atomic E-state index is 14.8. The van der Waals surface area contributed by atoms with Crippen molar-refractivity contribution < 1.29 is 40.7 Å². The largest absolute Gasteiger partial charge is 0.389 e. The highest BCUT2D eigenvalue weighted by Crippen LogP contribution is 2.46. The number of halogens is 6. The first kappa shape index (κ1) is 30.1. The Morgan fingerprint density at radius 1 is 1.15 bits per heavy atom. The van der Waals surface area contributed by atoms with Crippen LogP contribution in [0.3, 0.4) is 0 Å². The molecule has 41 heavy (non-hydrogen) atoms. The molecule has 0 spiro atoms. The summed E-state index contributed by atoms with van der Waals surface area (Å²) in [6, 6.07) is 10.9. The van der Waals surface area contributed by atoms with Gasteiger partial charge in [0.15, 0.2) is 0 Å². The van der Waals surface area contributed by atoms with Crippen LogP contribution in [0, 0.1) is 30.5 Å². The van der Waals surface area contributed by atoms with E-state index in [4.69, 9.17) is 5.73 Å². The third kappa shape index (κ3) is 7.25. The van der Waals surface area contributed by atoms with E-state index in [1.165, 1.54) is 12.1 Å². The Hall–Kier alpha value is -3.90. The second-order valence-corrected chi connectivity index (χ2v) is 10.5. The summed E-state index contributed by atoms with van der Waals surface area (Å²) in [6.07, 6.45) is -10.2. The predicted octanol–water partition coefficient (Wildman–Crippen LogP) is 4.86. The van der Waals surface area contributed by atoms with E-state index in [0.29, 0.717) is 5.56 Å². The molecule has 3 amide bonds. The zero-order chi connectivity index (χ0) is 30.1. The highest BCUT2D eigenvalue weighted by atomic mass is 19.4. The van der Waals surface area contributed by atoms with Gasteiger partial charge in [0.2, 0.25) is 23.9 Å². The number of alkyl halides is 5. The molecule has 1 fully saturated rings. The van der Waals surface area contributed by atoms with Crippen LogP contribution in [0.1, 0.15) is 48.8 Å². The highest BCUT2D eigenvalue weighted by Gasteiger charge is 2.48. The van der Waals surface area contributed by atoms with E-state index in [1.54, 1.807) is 31.2 Å². The second kappa shape index (κ2) is 11.5. The number of rotatable bonds is 9. The summed E-state index contributed by atoms with van der Waals surface area (Å²) in [5.41, 5.74) is 6.86. The van der Waals surface area contributed by atoms with Gasteiger partial charge in [-0.2, -0.15) is 13.2 Å². The van der Waals surface area contributed by atoms with Gasteiger partial charge in [0.25, 0.3) is 5.91 Å². The lowest BCUT2D eigenvalue weighted by Crippen LogP contribution is -2.49. The molecule has 0 saturated heterocycles. The third-order valence-corrected chi connectivity index (χ3v) is 7.28. The Bertz CT molecular complexity index is 1370. The number of benzodiazepines with no additional fused rings is 1. The van der Waals surface area contributed by atoms with Crippen LogP contribution in [0.15, 0.2) is 47.5 Å². The van der Waals surface area contributed by atoms with Crippen LogP contribution in [0.5, 0.6) is 0 Å². The molecule has 0 radical (unpaired) electrons. The number of fused-ring (bicyclic) bond motifs is 1. The Kier molecular flexibility index (Phi) is 8.46. The normalized spacial score (nSPS) is 20.0. The molecule has 1 aliphatic heterocycles. The van der Waals surface area contributed by atoms with E-state index in [1.807, 2.05) is 0 Å². The van der Waals surface area contributed by atoms with E-state index >= 15 is 0 Å². The summed E-state index contributed by atoms with van der Waals surface area (Å²) < 4.78 is 81.0. The molecule has 1 aliphatic carbocycles. The quantitative estimate of drug-likeness (QED) is 0.367. The number of para-hydroxylation sites is 1. The summed E-state index contributed by atoms with van der Waals surface area (Å²) in [5.74, 6) is -10.9. The lowest BCUT2D eigenvalue weighted by molar-refractivity contribution is -0.149. The number of carbonyl (C=O) groups is 3. The fraction of sp³-hybridized carbons (Fsp3) is 0.429. The molecular weight excluding hydrogens is 554 g/mol. The standard InChI is InChI=1S/C28H28F6N4O3/c1-14-4-2-5-16(10-14)21-18-6-3-7-20(29)22(18)37-26(41)24(36-21)38-25(40)17(8-9-28(32,33)34)19(23(35)39)11-15-12-27(30,31)13-15/h2-7,10,15,17,19,24H,8-9,11-13H2,1H3,(H2,35,39)(H,37,41)(H,38,40)/t17-,19+,24-/m1/s1. The number of aliphatic imine (C=N–C) groups is 1. The van der Waals surface area contributed by atoms with Gasteiger partial charge >= 0.3 is 6.18 Å². The molecule has 2 aromatic rings. The SMILES string of the molecule is Cc1cccc(C2=N[C@H](NC(=O)[C@H](CCC(F)(F)F)[C@H](CC3CC(F)(F)C3)C(N)=O)C(=O)Nc3c(F)cccc32)c1. The molecule has 220 valence electrons. The van der Waals surface area contributed by atoms with Gasteiger partial charge in [0.1, 0.15) is 5.82 Å². The first-order valence-electron chi connectivity index (χ1n) is 12.9. The van der Waals surface area contributed by atoms with Gasteiger partial charge in [-0.3, -0.25) is 14.4 Å². The highest BCUT2D eigenvalue weighted by molar-refractivity contribution is 6.20. The topological polar surface area (TPSA) is 114 Å². The molecule has 2 aromatic carbocycles. The third-order valence-electron chi connectivity index (χ3n) is 7.28. The molecule has 3 atom stereocenters. The molecule has 1 heterocycles. The Morgan fingerprint density at radius 2 is 1.83 bits per heavy atom. The van der Waals surface area contributed by atoms with Crippen molar-refractivity contribution in [3.05, 3.63) is 65.0 Å². The van der Waals surface area contributed by atoms with Crippen molar-refractivity contribution in [3.8, 4) is 0 Å². The van der Waals surface area contributed by atoms with Crippen molar-refractivity contribution >= 4 is 29.1 Å². The summed E-state index contributed by atoms with van der Waals surface area (Å²) in [7, 11) is 0. The number of benzene rings is 2. The van der Waals surface area contributed by atoms with Crippen LogP contribution in [0.4, 0.5) is 32.0 Å². The van der Waals surface area contributed by atoms with Gasteiger partial charge < -0.3 is 16.4 Å². The summed E-state index contributed by atoms with van der Waals surface area (Å²) in [4.78, 5) is 43.2. The van der Waals surface area contributed by atoms with Crippen LogP contribution >= 0.6 is 0 Å². The molecule has 7 nitrogen and oxygen atoms in total. The second-order valence-electron chi connectivity index (χ2n) is 10.5. The molecule has 1 saturated carbocycles. The smallest absolute Gasteiger partial charge is 0.369 e. The van der Waals surface area contributed by atoms with E-state index in [9.17, 15) is 40.7 Å². The van der Waals surface area contributed by atoms with Crippen LogP contribution < -0.4 is 16.4 Å². The van der Waals surface area contributed by atoms with Crippen molar-refractivity contribution in [1.29, 1.82) is 0 Å². The molecule has 0 bridgehead atoms. The van der Waals surface area contributed by atoms with E-state index in [2.05, 4.69) is 15.6 Å². The molecular formula is C28H28F6N4O3.